The number of nitrogens with zero attached hydrogens (tertiary/aromatic N) is 1. The first kappa shape index (κ1) is 23.3. The van der Waals surface area contributed by atoms with E-state index >= 15 is 0 Å². The molecule has 0 heterocycles. The Labute approximate surface area is 187 Å². The van der Waals surface area contributed by atoms with E-state index in [1.165, 1.54) is 30.3 Å². The second-order valence-electron chi connectivity index (χ2n) is 7.09. The fraction of sp³-hybridized carbons (Fsp3) is 0.208. The van der Waals surface area contributed by atoms with Gasteiger partial charge in [-0.1, -0.05) is 48.0 Å². The molecule has 32 heavy (non-hydrogen) atoms. The summed E-state index contributed by atoms with van der Waals surface area (Å²) in [6.07, 6.45) is 0. The van der Waals surface area contributed by atoms with Crippen LogP contribution in [-0.4, -0.2) is 27.5 Å². The summed E-state index contributed by atoms with van der Waals surface area (Å²) in [5.74, 6) is -0.679. The lowest BCUT2D eigenvalue weighted by atomic mass is 10.2. The summed E-state index contributed by atoms with van der Waals surface area (Å²) in [5, 5.41) is 2.70. The zero-order valence-electron chi connectivity index (χ0n) is 17.9. The smallest absolute Gasteiger partial charge is 0.264 e. The summed E-state index contributed by atoms with van der Waals surface area (Å²) in [4.78, 5) is 12.7. The molecule has 0 bridgehead atoms. The zero-order chi connectivity index (χ0) is 23.1. The largest absolute Gasteiger partial charge is 0.494 e. The molecule has 8 heteroatoms. The maximum absolute atomic E-state index is 14.5. The van der Waals surface area contributed by atoms with E-state index in [0.717, 1.165) is 21.5 Å². The molecule has 0 radical (unpaired) electrons. The topological polar surface area (TPSA) is 75.7 Å². The summed E-state index contributed by atoms with van der Waals surface area (Å²) in [6.45, 7) is 3.73. The van der Waals surface area contributed by atoms with E-state index in [4.69, 9.17) is 4.74 Å². The van der Waals surface area contributed by atoms with Gasteiger partial charge < -0.3 is 10.1 Å². The number of para-hydroxylation sites is 2. The molecule has 3 aromatic carbocycles. The number of ether oxygens (including phenoxy) is 1. The fourth-order valence-corrected chi connectivity index (χ4v) is 4.55. The Morgan fingerprint density at radius 1 is 1.00 bits per heavy atom. The van der Waals surface area contributed by atoms with Crippen molar-refractivity contribution in [3.05, 3.63) is 89.7 Å². The second-order valence-corrected chi connectivity index (χ2v) is 8.96. The van der Waals surface area contributed by atoms with Gasteiger partial charge in [0, 0.05) is 12.1 Å². The highest BCUT2D eigenvalue weighted by molar-refractivity contribution is 7.92. The summed E-state index contributed by atoms with van der Waals surface area (Å²) in [6, 6.07) is 18.9. The first-order valence-electron chi connectivity index (χ1n) is 10.1. The fourth-order valence-electron chi connectivity index (χ4n) is 3.12. The third kappa shape index (κ3) is 5.45. The molecule has 1 amide bonds. The lowest BCUT2D eigenvalue weighted by molar-refractivity contribution is -0.119. The maximum atomic E-state index is 14.5. The highest BCUT2D eigenvalue weighted by Crippen LogP contribution is 2.26. The van der Waals surface area contributed by atoms with Crippen LogP contribution in [0.25, 0.3) is 0 Å². The number of nitrogens with one attached hydrogen (secondary N) is 1. The van der Waals surface area contributed by atoms with Crippen molar-refractivity contribution in [3.63, 3.8) is 0 Å². The lowest BCUT2D eigenvalue weighted by Gasteiger charge is -2.24. The van der Waals surface area contributed by atoms with Crippen molar-refractivity contribution < 1.29 is 22.3 Å². The summed E-state index contributed by atoms with van der Waals surface area (Å²) >= 11 is 0. The number of halogens is 1. The van der Waals surface area contributed by atoms with Crippen molar-refractivity contribution in [2.45, 2.75) is 25.3 Å². The van der Waals surface area contributed by atoms with Crippen molar-refractivity contribution in [1.82, 2.24) is 5.32 Å². The highest BCUT2D eigenvalue weighted by Gasteiger charge is 2.29. The van der Waals surface area contributed by atoms with Gasteiger partial charge in [0.2, 0.25) is 5.91 Å². The van der Waals surface area contributed by atoms with Gasteiger partial charge in [0.15, 0.2) is 0 Å². The van der Waals surface area contributed by atoms with Crippen LogP contribution in [0.1, 0.15) is 18.1 Å². The number of sulfonamides is 1. The Morgan fingerprint density at radius 3 is 2.34 bits per heavy atom. The Bertz CT molecular complexity index is 1180. The number of anilines is 1. The van der Waals surface area contributed by atoms with Crippen LogP contribution in [0.5, 0.6) is 5.75 Å². The molecule has 0 unspecified atom stereocenters. The van der Waals surface area contributed by atoms with E-state index in [9.17, 15) is 17.6 Å². The Balaban J connectivity index is 1.86. The molecule has 3 rings (SSSR count). The Morgan fingerprint density at radius 2 is 1.66 bits per heavy atom. The van der Waals surface area contributed by atoms with Gasteiger partial charge in [0.1, 0.15) is 18.1 Å². The van der Waals surface area contributed by atoms with Gasteiger partial charge in [-0.3, -0.25) is 9.10 Å². The third-order valence-corrected chi connectivity index (χ3v) is 6.54. The average molecular weight is 457 g/mol. The number of amides is 1. The molecular weight excluding hydrogens is 431 g/mol. The molecule has 0 aromatic heterocycles. The van der Waals surface area contributed by atoms with Crippen LogP contribution in [0.4, 0.5) is 10.1 Å². The number of rotatable bonds is 9. The van der Waals surface area contributed by atoms with E-state index in [1.54, 1.807) is 18.2 Å². The van der Waals surface area contributed by atoms with Crippen molar-refractivity contribution in [1.29, 1.82) is 0 Å². The van der Waals surface area contributed by atoms with E-state index in [1.807, 2.05) is 32.0 Å². The molecule has 1 N–H and O–H groups in total. The molecular formula is C24H25FN2O4S. The van der Waals surface area contributed by atoms with Crippen LogP contribution >= 0.6 is 0 Å². The predicted octanol–water partition coefficient (Wildman–Crippen LogP) is 4.04. The molecule has 0 saturated carbocycles. The van der Waals surface area contributed by atoms with Crippen molar-refractivity contribution >= 4 is 21.6 Å². The maximum Gasteiger partial charge on any atom is 0.264 e. The molecule has 3 aromatic rings. The number of benzene rings is 3. The van der Waals surface area contributed by atoms with Gasteiger partial charge in [-0.15, -0.1) is 0 Å². The molecule has 168 valence electrons. The highest BCUT2D eigenvalue weighted by atomic mass is 32.2. The Hall–Kier alpha value is -3.39. The van der Waals surface area contributed by atoms with Crippen LogP contribution in [-0.2, 0) is 21.4 Å². The SMILES string of the molecule is CCOc1ccccc1CNC(=O)CN(c1ccccc1F)S(=O)(=O)c1ccc(C)cc1. The minimum Gasteiger partial charge on any atom is -0.494 e. The minimum atomic E-state index is -4.18. The first-order chi connectivity index (χ1) is 15.3. The molecule has 0 fully saturated rings. The zero-order valence-corrected chi connectivity index (χ0v) is 18.7. The van der Waals surface area contributed by atoms with Crippen LogP contribution in [0.15, 0.2) is 77.7 Å². The first-order valence-corrected chi connectivity index (χ1v) is 11.6. The molecule has 0 aliphatic rings. The normalized spacial score (nSPS) is 11.1. The molecule has 6 nitrogen and oxygen atoms in total. The average Bonchev–Trinajstić information content (AvgIpc) is 2.78. The minimum absolute atomic E-state index is 0.0270. The van der Waals surface area contributed by atoms with Gasteiger partial charge in [-0.25, -0.2) is 12.8 Å². The van der Waals surface area contributed by atoms with Gasteiger partial charge in [-0.05, 0) is 44.2 Å². The van der Waals surface area contributed by atoms with Gasteiger partial charge >= 0.3 is 0 Å². The number of hydrogen-bond acceptors (Lipinski definition) is 4. The van der Waals surface area contributed by atoms with E-state index in [0.29, 0.717) is 12.4 Å². The standard InChI is InChI=1S/C24H25FN2O4S/c1-3-31-23-11-7-4-8-19(23)16-26-24(28)17-27(22-10-6-5-9-21(22)25)32(29,30)20-14-12-18(2)13-15-20/h4-15H,3,16-17H2,1-2H3,(H,26,28). The number of hydrogen-bond donors (Lipinski definition) is 1. The molecule has 0 aliphatic heterocycles. The van der Waals surface area contributed by atoms with E-state index in [-0.39, 0.29) is 17.1 Å². The Kier molecular flexibility index (Phi) is 7.48. The number of carbonyl (C=O) groups is 1. The van der Waals surface area contributed by atoms with Gasteiger partial charge in [-0.2, -0.15) is 0 Å². The van der Waals surface area contributed by atoms with E-state index in [2.05, 4.69) is 5.32 Å². The summed E-state index contributed by atoms with van der Waals surface area (Å²) in [7, 11) is -4.18. The quantitative estimate of drug-likeness (QED) is 0.527. The molecule has 0 aliphatic carbocycles. The molecule has 0 saturated heterocycles. The molecule has 0 atom stereocenters. The van der Waals surface area contributed by atoms with Crippen LogP contribution in [0.3, 0.4) is 0 Å². The van der Waals surface area contributed by atoms with E-state index < -0.39 is 28.3 Å². The van der Waals surface area contributed by atoms with Crippen LogP contribution in [0, 0.1) is 12.7 Å². The lowest BCUT2D eigenvalue weighted by Crippen LogP contribution is -2.41. The third-order valence-electron chi connectivity index (χ3n) is 4.77. The van der Waals surface area contributed by atoms with Crippen LogP contribution < -0.4 is 14.4 Å². The predicted molar refractivity (Wildman–Crippen MR) is 122 cm³/mol. The summed E-state index contributed by atoms with van der Waals surface area (Å²) in [5.41, 5.74) is 1.44. The van der Waals surface area contributed by atoms with Gasteiger partial charge in [0.05, 0.1) is 17.2 Å². The van der Waals surface area contributed by atoms with Crippen LogP contribution in [0.2, 0.25) is 0 Å². The van der Waals surface area contributed by atoms with Crippen molar-refractivity contribution in [2.24, 2.45) is 0 Å². The monoisotopic (exact) mass is 456 g/mol. The number of carbonyl (C=O) groups excluding carboxylic acids is 1. The van der Waals surface area contributed by atoms with Crippen molar-refractivity contribution in [2.75, 3.05) is 17.5 Å². The molecule has 0 spiro atoms. The summed E-state index contributed by atoms with van der Waals surface area (Å²) < 4.78 is 47.5. The van der Waals surface area contributed by atoms with Gasteiger partial charge in [0.25, 0.3) is 10.0 Å². The second kappa shape index (κ2) is 10.3. The number of aryl methyl sites for hydroxylation is 1. The van der Waals surface area contributed by atoms with Crippen molar-refractivity contribution in [3.8, 4) is 5.75 Å².